The van der Waals surface area contributed by atoms with Gasteiger partial charge < -0.3 is 4.74 Å². The second kappa shape index (κ2) is 4.36. The monoisotopic (exact) mass is 214 g/mol. The summed E-state index contributed by atoms with van der Waals surface area (Å²) >= 11 is 7.54. The van der Waals surface area contributed by atoms with E-state index < -0.39 is 0 Å². The number of alkyl halides is 1. The van der Waals surface area contributed by atoms with Crippen LogP contribution in [0.25, 0.3) is 0 Å². The molecule has 0 spiro atoms. The lowest BCUT2D eigenvalue weighted by Crippen LogP contribution is -2.10. The summed E-state index contributed by atoms with van der Waals surface area (Å²) in [7, 11) is 0. The Labute approximate surface area is 87.4 Å². The summed E-state index contributed by atoms with van der Waals surface area (Å²) in [5, 5.41) is 0. The number of halogens is 1. The van der Waals surface area contributed by atoms with E-state index in [1.54, 1.807) is 0 Å². The van der Waals surface area contributed by atoms with Gasteiger partial charge in [-0.3, -0.25) is 0 Å². The summed E-state index contributed by atoms with van der Waals surface area (Å²) in [6, 6.07) is 10.3. The molecule has 0 radical (unpaired) electrons. The third-order valence-corrected chi connectivity index (χ3v) is 3.59. The molecule has 0 unspecified atom stereocenters. The molecule has 0 aromatic heterocycles. The zero-order valence-electron chi connectivity index (χ0n) is 7.15. The number of ether oxygens (including phenoxy) is 1. The van der Waals surface area contributed by atoms with Crippen LogP contribution in [0.5, 0.6) is 0 Å². The van der Waals surface area contributed by atoms with Crippen LogP contribution >= 0.6 is 23.4 Å². The van der Waals surface area contributed by atoms with E-state index in [1.165, 1.54) is 5.56 Å². The van der Waals surface area contributed by atoms with Crippen molar-refractivity contribution >= 4 is 23.4 Å². The minimum atomic E-state index is 0.185. The molecule has 1 heterocycles. The molecule has 1 aliphatic heterocycles. The first-order chi connectivity index (χ1) is 6.40. The van der Waals surface area contributed by atoms with Crippen molar-refractivity contribution in [3.05, 3.63) is 35.9 Å². The van der Waals surface area contributed by atoms with Crippen molar-refractivity contribution in [1.82, 2.24) is 0 Å². The molecule has 1 aromatic rings. The summed E-state index contributed by atoms with van der Waals surface area (Å²) in [6.07, 6.45) is 0.219. The Morgan fingerprint density at radius 1 is 1.38 bits per heavy atom. The van der Waals surface area contributed by atoms with E-state index in [4.69, 9.17) is 16.3 Å². The smallest absolute Gasteiger partial charge is 0.129 e. The molecular formula is C10H11ClOS. The van der Waals surface area contributed by atoms with Crippen LogP contribution in [0, 0.1) is 0 Å². The van der Waals surface area contributed by atoms with Gasteiger partial charge in [0, 0.05) is 11.6 Å². The van der Waals surface area contributed by atoms with E-state index in [0.29, 0.717) is 5.88 Å². The van der Waals surface area contributed by atoms with E-state index in [9.17, 15) is 0 Å². The van der Waals surface area contributed by atoms with Crippen LogP contribution in [0.15, 0.2) is 30.3 Å². The number of rotatable bonds is 2. The molecule has 0 aliphatic carbocycles. The molecule has 13 heavy (non-hydrogen) atoms. The van der Waals surface area contributed by atoms with Gasteiger partial charge in [0.25, 0.3) is 0 Å². The third-order valence-electron chi connectivity index (χ3n) is 1.99. The lowest BCUT2D eigenvalue weighted by Gasteiger charge is -2.10. The van der Waals surface area contributed by atoms with E-state index in [-0.39, 0.29) is 11.5 Å². The van der Waals surface area contributed by atoms with Crippen molar-refractivity contribution in [3.8, 4) is 0 Å². The van der Waals surface area contributed by atoms with Crippen molar-refractivity contribution in [2.75, 3.05) is 11.6 Å². The average Bonchev–Trinajstić information content (AvgIpc) is 2.67. The highest BCUT2D eigenvalue weighted by Gasteiger charge is 2.25. The third kappa shape index (κ3) is 2.19. The van der Waals surface area contributed by atoms with Crippen molar-refractivity contribution in [2.24, 2.45) is 0 Å². The summed E-state index contributed by atoms with van der Waals surface area (Å²) in [5.74, 6) is 1.60. The normalized spacial score (nSPS) is 27.8. The lowest BCUT2D eigenvalue weighted by atomic mass is 10.2. The summed E-state index contributed by atoms with van der Waals surface area (Å²) in [4.78, 5) is 0. The first-order valence-electron chi connectivity index (χ1n) is 4.28. The standard InChI is InChI=1S/C10H11ClOS/c11-6-9-7-13-10(12-9)8-4-2-1-3-5-8/h1-5,9-10H,6-7H2/t9-,10-/m1/s1. The Morgan fingerprint density at radius 2 is 2.15 bits per heavy atom. The Bertz CT molecular complexity index is 265. The molecule has 1 saturated heterocycles. The lowest BCUT2D eigenvalue weighted by molar-refractivity contribution is 0.0811. The fourth-order valence-corrected chi connectivity index (χ4v) is 2.80. The molecular weight excluding hydrogens is 204 g/mol. The maximum Gasteiger partial charge on any atom is 0.129 e. The number of thioether (sulfide) groups is 1. The van der Waals surface area contributed by atoms with Crippen molar-refractivity contribution in [1.29, 1.82) is 0 Å². The molecule has 0 amide bonds. The van der Waals surface area contributed by atoms with Gasteiger partial charge in [-0.25, -0.2) is 0 Å². The molecule has 0 saturated carbocycles. The van der Waals surface area contributed by atoms with E-state index in [1.807, 2.05) is 30.0 Å². The highest BCUT2D eigenvalue weighted by Crippen LogP contribution is 2.38. The van der Waals surface area contributed by atoms with Gasteiger partial charge in [-0.05, 0) is 5.56 Å². The molecule has 1 aliphatic rings. The molecule has 3 heteroatoms. The first kappa shape index (κ1) is 9.38. The quantitative estimate of drug-likeness (QED) is 0.700. The van der Waals surface area contributed by atoms with Crippen molar-refractivity contribution < 1.29 is 4.74 Å². The molecule has 2 rings (SSSR count). The molecule has 1 aromatic carbocycles. The van der Waals surface area contributed by atoms with E-state index in [0.717, 1.165) is 5.75 Å². The topological polar surface area (TPSA) is 9.23 Å². The van der Waals surface area contributed by atoms with Crippen molar-refractivity contribution in [2.45, 2.75) is 11.5 Å². The zero-order valence-corrected chi connectivity index (χ0v) is 8.72. The van der Waals surface area contributed by atoms with Crippen LogP contribution in [-0.4, -0.2) is 17.7 Å². The van der Waals surface area contributed by atoms with Crippen LogP contribution in [0.1, 0.15) is 11.0 Å². The minimum Gasteiger partial charge on any atom is -0.357 e. The van der Waals surface area contributed by atoms with Crippen LogP contribution in [0.2, 0.25) is 0 Å². The number of hydrogen-bond acceptors (Lipinski definition) is 2. The summed E-state index contributed by atoms with van der Waals surface area (Å²) in [5.41, 5.74) is 1.42. The average molecular weight is 215 g/mol. The fraction of sp³-hybridized carbons (Fsp3) is 0.400. The highest BCUT2D eigenvalue weighted by atomic mass is 35.5. The van der Waals surface area contributed by atoms with Gasteiger partial charge in [0.15, 0.2) is 0 Å². The van der Waals surface area contributed by atoms with Crippen LogP contribution in [-0.2, 0) is 4.74 Å². The Hall–Kier alpha value is -0.180. The minimum absolute atomic E-state index is 0.185. The van der Waals surface area contributed by atoms with E-state index >= 15 is 0 Å². The second-order valence-electron chi connectivity index (χ2n) is 2.99. The molecule has 0 bridgehead atoms. The molecule has 1 nitrogen and oxygen atoms in total. The Balaban J connectivity index is 2.04. The number of benzene rings is 1. The zero-order chi connectivity index (χ0) is 9.10. The second-order valence-corrected chi connectivity index (χ2v) is 4.39. The summed E-state index contributed by atoms with van der Waals surface area (Å²) < 4.78 is 5.73. The van der Waals surface area contributed by atoms with Gasteiger partial charge in [0.1, 0.15) is 5.44 Å². The maximum absolute atomic E-state index is 5.73. The van der Waals surface area contributed by atoms with Gasteiger partial charge >= 0.3 is 0 Å². The molecule has 2 atom stereocenters. The van der Waals surface area contributed by atoms with Crippen LogP contribution in [0.3, 0.4) is 0 Å². The van der Waals surface area contributed by atoms with Crippen molar-refractivity contribution in [3.63, 3.8) is 0 Å². The van der Waals surface area contributed by atoms with Gasteiger partial charge in [0.2, 0.25) is 0 Å². The van der Waals surface area contributed by atoms with Gasteiger partial charge in [-0.2, -0.15) is 0 Å². The molecule has 0 N–H and O–H groups in total. The fourth-order valence-electron chi connectivity index (χ4n) is 1.31. The number of hydrogen-bond donors (Lipinski definition) is 0. The molecule has 70 valence electrons. The Morgan fingerprint density at radius 3 is 2.77 bits per heavy atom. The predicted molar refractivity (Wildman–Crippen MR) is 57.2 cm³/mol. The summed E-state index contributed by atoms with van der Waals surface area (Å²) in [6.45, 7) is 0. The van der Waals surface area contributed by atoms with E-state index in [2.05, 4.69) is 12.1 Å². The van der Waals surface area contributed by atoms with Gasteiger partial charge in [-0.15, -0.1) is 23.4 Å². The van der Waals surface area contributed by atoms with Crippen LogP contribution in [0.4, 0.5) is 0 Å². The SMILES string of the molecule is ClC[C@@H]1CS[C@H](c2ccccc2)O1. The molecule has 1 fully saturated rings. The maximum atomic E-state index is 5.73. The van der Waals surface area contributed by atoms with Gasteiger partial charge in [0.05, 0.1) is 6.10 Å². The Kier molecular flexibility index (Phi) is 3.14. The van der Waals surface area contributed by atoms with Crippen LogP contribution < -0.4 is 0 Å². The van der Waals surface area contributed by atoms with Gasteiger partial charge in [-0.1, -0.05) is 30.3 Å². The predicted octanol–water partition coefficient (Wildman–Crippen LogP) is 3.06. The first-order valence-corrected chi connectivity index (χ1v) is 5.86. The largest absolute Gasteiger partial charge is 0.357 e. The highest BCUT2D eigenvalue weighted by molar-refractivity contribution is 7.99.